The molecule has 242 valence electrons. The highest BCUT2D eigenvalue weighted by Gasteiger charge is 2.28. The molecular weight excluding hydrogens is 573 g/mol. The van der Waals surface area contributed by atoms with Gasteiger partial charge in [-0.3, -0.25) is 14.7 Å². The fraction of sp³-hybridized carbons (Fsp3) is 0.529. The minimum atomic E-state index is -0.500. The predicted molar refractivity (Wildman–Crippen MR) is 172 cm³/mol. The second kappa shape index (κ2) is 14.1. The van der Waals surface area contributed by atoms with Crippen molar-refractivity contribution in [3.8, 4) is 17.2 Å². The molecule has 0 bridgehead atoms. The van der Waals surface area contributed by atoms with E-state index in [4.69, 9.17) is 15.2 Å². The molecule has 2 aliphatic heterocycles. The molecule has 1 amide bonds. The first-order valence-corrected chi connectivity index (χ1v) is 16.0. The van der Waals surface area contributed by atoms with Crippen molar-refractivity contribution in [3.05, 3.63) is 65.6 Å². The van der Waals surface area contributed by atoms with Crippen LogP contribution in [0.1, 0.15) is 75.5 Å². The minimum absolute atomic E-state index is 0.0436. The molecule has 0 unspecified atom stereocenters. The third-order valence-electron chi connectivity index (χ3n) is 8.53. The van der Waals surface area contributed by atoms with Gasteiger partial charge in [0, 0.05) is 87.6 Å². The number of nitrogens with two attached hydrogens (primary N) is 1. The number of rotatable bonds is 11. The number of halogens is 1. The lowest BCUT2D eigenvalue weighted by atomic mass is 10.00. The van der Waals surface area contributed by atoms with Crippen LogP contribution < -0.4 is 20.1 Å². The largest absolute Gasteiger partial charge is 0.490 e. The molecule has 1 saturated heterocycles. The Morgan fingerprint density at radius 1 is 1.13 bits per heavy atom. The molecule has 11 heteroatoms. The SMILES string of the molecule is CCN(C(=O)c1cc(F)ccc1Oc1cncnc1N1CCC(Oc2ccnc3c2CN(CCC(C)(C)N)CC3)CC1)C(C)C. The Bertz CT molecular complexity index is 1470. The van der Waals surface area contributed by atoms with Crippen LogP contribution in [0.2, 0.25) is 0 Å². The molecule has 0 spiro atoms. The number of hydrogen-bond acceptors (Lipinski definition) is 9. The van der Waals surface area contributed by atoms with Gasteiger partial charge in [0.2, 0.25) is 0 Å². The van der Waals surface area contributed by atoms with Gasteiger partial charge in [-0.2, -0.15) is 0 Å². The van der Waals surface area contributed by atoms with Gasteiger partial charge in [0.15, 0.2) is 11.6 Å². The lowest BCUT2D eigenvalue weighted by Gasteiger charge is -2.35. The maximum atomic E-state index is 14.3. The molecule has 3 aromatic rings. The molecule has 0 aliphatic carbocycles. The zero-order valence-corrected chi connectivity index (χ0v) is 27.1. The third-order valence-corrected chi connectivity index (χ3v) is 8.53. The molecule has 45 heavy (non-hydrogen) atoms. The molecular formula is C34H46FN7O3. The number of ether oxygens (including phenoxy) is 2. The number of hydrogen-bond donors (Lipinski definition) is 1. The second-order valence-electron chi connectivity index (χ2n) is 12.9. The Morgan fingerprint density at radius 3 is 2.62 bits per heavy atom. The molecule has 2 aromatic heterocycles. The van der Waals surface area contributed by atoms with E-state index in [-0.39, 0.29) is 34.9 Å². The maximum absolute atomic E-state index is 14.3. The van der Waals surface area contributed by atoms with Crippen LogP contribution in [0.5, 0.6) is 17.2 Å². The number of nitrogens with zero attached hydrogens (tertiary/aromatic N) is 6. The number of pyridine rings is 1. The first-order chi connectivity index (χ1) is 21.5. The summed E-state index contributed by atoms with van der Waals surface area (Å²) in [6.07, 6.45) is 8.40. The molecule has 0 saturated carbocycles. The standard InChI is InChI=1S/C34H46FN7O3/c1-6-42(23(2)3)33(43)26-19-24(35)7-8-29(26)45-31-20-37-22-39-32(31)41-16-10-25(11-17-41)44-30-9-14-38-28-12-15-40(21-27(28)30)18-13-34(4,5)36/h7-9,14,19-20,22-23,25H,6,10-13,15-18,21,36H2,1-5H3. The summed E-state index contributed by atoms with van der Waals surface area (Å²) >= 11 is 0. The normalized spacial score (nSPS) is 16.0. The van der Waals surface area contributed by atoms with Crippen molar-refractivity contribution < 1.29 is 18.7 Å². The zero-order chi connectivity index (χ0) is 32.1. The fourth-order valence-corrected chi connectivity index (χ4v) is 5.97. The third kappa shape index (κ3) is 8.07. The minimum Gasteiger partial charge on any atom is -0.490 e. The number of carbonyl (C=O) groups is 1. The summed E-state index contributed by atoms with van der Waals surface area (Å²) in [6, 6.07) is 5.95. The van der Waals surface area contributed by atoms with E-state index in [0.717, 1.165) is 56.8 Å². The summed E-state index contributed by atoms with van der Waals surface area (Å²) in [5, 5.41) is 0. The number of piperidine rings is 1. The van der Waals surface area contributed by atoms with Crippen molar-refractivity contribution in [3.63, 3.8) is 0 Å². The highest BCUT2D eigenvalue weighted by Crippen LogP contribution is 2.35. The van der Waals surface area contributed by atoms with E-state index in [1.807, 2.05) is 33.0 Å². The highest BCUT2D eigenvalue weighted by molar-refractivity contribution is 5.97. The average Bonchev–Trinajstić information content (AvgIpc) is 3.01. The van der Waals surface area contributed by atoms with Gasteiger partial charge in [-0.05, 0) is 65.3 Å². The molecule has 4 heterocycles. The maximum Gasteiger partial charge on any atom is 0.257 e. The topological polar surface area (TPSA) is 110 Å². The first-order valence-electron chi connectivity index (χ1n) is 16.0. The van der Waals surface area contributed by atoms with Crippen molar-refractivity contribution in [2.24, 2.45) is 5.73 Å². The van der Waals surface area contributed by atoms with Crippen LogP contribution in [0, 0.1) is 5.82 Å². The van der Waals surface area contributed by atoms with Crippen LogP contribution in [0.15, 0.2) is 43.0 Å². The molecule has 10 nitrogen and oxygen atoms in total. The van der Waals surface area contributed by atoms with Crippen LogP contribution in [-0.2, 0) is 13.0 Å². The van der Waals surface area contributed by atoms with Crippen molar-refractivity contribution in [2.75, 3.05) is 37.6 Å². The lowest BCUT2D eigenvalue weighted by molar-refractivity contribution is 0.0713. The van der Waals surface area contributed by atoms with Crippen molar-refractivity contribution in [1.29, 1.82) is 0 Å². The Kier molecular flexibility index (Phi) is 10.2. The van der Waals surface area contributed by atoms with Gasteiger partial charge >= 0.3 is 0 Å². The van der Waals surface area contributed by atoms with Gasteiger partial charge in [-0.1, -0.05) is 0 Å². The summed E-state index contributed by atoms with van der Waals surface area (Å²) in [7, 11) is 0. The monoisotopic (exact) mass is 619 g/mol. The van der Waals surface area contributed by atoms with Gasteiger partial charge in [0.25, 0.3) is 5.91 Å². The van der Waals surface area contributed by atoms with E-state index < -0.39 is 5.82 Å². The van der Waals surface area contributed by atoms with Crippen molar-refractivity contribution >= 4 is 11.7 Å². The molecule has 1 aromatic carbocycles. The molecule has 0 radical (unpaired) electrons. The average molecular weight is 620 g/mol. The molecule has 1 fully saturated rings. The van der Waals surface area contributed by atoms with Crippen LogP contribution in [0.4, 0.5) is 10.2 Å². The Morgan fingerprint density at radius 2 is 1.91 bits per heavy atom. The Balaban J connectivity index is 1.26. The van der Waals surface area contributed by atoms with Crippen LogP contribution in [0.3, 0.4) is 0 Å². The number of benzene rings is 1. The van der Waals surface area contributed by atoms with E-state index >= 15 is 0 Å². The molecule has 2 N–H and O–H groups in total. The van der Waals surface area contributed by atoms with Gasteiger partial charge in [-0.15, -0.1) is 0 Å². The quantitative estimate of drug-likeness (QED) is 0.309. The number of amides is 1. The number of anilines is 1. The van der Waals surface area contributed by atoms with E-state index in [0.29, 0.717) is 31.2 Å². The smallest absolute Gasteiger partial charge is 0.257 e. The van der Waals surface area contributed by atoms with Crippen molar-refractivity contribution in [1.82, 2.24) is 24.8 Å². The Labute approximate surface area is 265 Å². The number of aromatic nitrogens is 3. The van der Waals surface area contributed by atoms with Gasteiger partial charge in [-0.25, -0.2) is 14.4 Å². The molecule has 5 rings (SSSR count). The predicted octanol–water partition coefficient (Wildman–Crippen LogP) is 5.21. The summed E-state index contributed by atoms with van der Waals surface area (Å²) in [4.78, 5) is 33.0. The van der Waals surface area contributed by atoms with E-state index in [9.17, 15) is 9.18 Å². The molecule has 2 aliphatic rings. The summed E-state index contributed by atoms with van der Waals surface area (Å²) in [6.45, 7) is 14.5. The summed E-state index contributed by atoms with van der Waals surface area (Å²) in [5.41, 5.74) is 8.50. The summed E-state index contributed by atoms with van der Waals surface area (Å²) < 4.78 is 27.1. The van der Waals surface area contributed by atoms with E-state index in [2.05, 4.69) is 38.6 Å². The number of fused-ring (bicyclic) bond motifs is 1. The lowest BCUT2D eigenvalue weighted by Crippen LogP contribution is -2.40. The second-order valence-corrected chi connectivity index (χ2v) is 12.9. The highest BCUT2D eigenvalue weighted by atomic mass is 19.1. The zero-order valence-electron chi connectivity index (χ0n) is 27.1. The fourth-order valence-electron chi connectivity index (χ4n) is 5.97. The Hall–Kier alpha value is -3.83. The van der Waals surface area contributed by atoms with Crippen molar-refractivity contribution in [2.45, 2.75) is 84.5 Å². The number of carbonyl (C=O) groups excluding carboxylic acids is 1. The first kappa shape index (κ1) is 32.6. The van der Waals surface area contributed by atoms with Gasteiger partial charge < -0.3 is 25.0 Å². The van der Waals surface area contributed by atoms with Crippen LogP contribution >= 0.6 is 0 Å². The van der Waals surface area contributed by atoms with Gasteiger partial charge in [0.1, 0.15) is 29.7 Å². The van der Waals surface area contributed by atoms with Gasteiger partial charge in [0.05, 0.1) is 11.8 Å². The summed E-state index contributed by atoms with van der Waals surface area (Å²) in [5.74, 6) is 1.43. The molecule has 0 atom stereocenters. The van der Waals surface area contributed by atoms with Crippen LogP contribution in [-0.4, -0.2) is 81.1 Å². The van der Waals surface area contributed by atoms with Crippen LogP contribution in [0.25, 0.3) is 0 Å². The van der Waals surface area contributed by atoms with E-state index in [1.54, 1.807) is 11.1 Å². The van der Waals surface area contributed by atoms with E-state index in [1.165, 1.54) is 30.1 Å².